The van der Waals surface area contributed by atoms with Crippen LogP contribution in [0.2, 0.25) is 0 Å². The molecule has 9 nitrogen and oxygen atoms in total. The van der Waals surface area contributed by atoms with Crippen molar-refractivity contribution in [2.75, 3.05) is 55.7 Å². The summed E-state index contributed by atoms with van der Waals surface area (Å²) in [4.78, 5) is 30.4. The van der Waals surface area contributed by atoms with Crippen molar-refractivity contribution < 1.29 is 14.5 Å². The maximum Gasteiger partial charge on any atom is 0.292 e. The summed E-state index contributed by atoms with van der Waals surface area (Å²) in [6, 6.07) is 12.5. The van der Waals surface area contributed by atoms with Gasteiger partial charge in [-0.3, -0.25) is 20.2 Å². The number of nitrogens with one attached hydrogen (secondary N) is 1. The fourth-order valence-electron chi connectivity index (χ4n) is 4.61. The number of carbonyl (C=O) groups excluding carboxylic acids is 1. The number of piperazine rings is 1. The molecule has 2 saturated heterocycles. The average Bonchev–Trinajstić information content (AvgIpc) is 2.92. The molecule has 2 heterocycles. The van der Waals surface area contributed by atoms with Crippen LogP contribution in [0.3, 0.4) is 0 Å². The number of hydrogen-bond donors (Lipinski definition) is 1. The van der Waals surface area contributed by atoms with E-state index in [2.05, 4.69) is 15.1 Å². The molecule has 192 valence electrons. The number of anilines is 2. The van der Waals surface area contributed by atoms with E-state index in [1.54, 1.807) is 24.3 Å². The standard InChI is InChI=1S/C26H33N5O4S/c1-2-17-35-22-8-6-7-20(18-22)25(32)27-26(36)30-15-13-28(14-16-30)21-9-10-23(31(33)34)24(19-21)29-11-4-3-5-12-29/h6-10,18-19H,2-5,11-17H2,1H3,(H,27,32,36). The van der Waals surface area contributed by atoms with Gasteiger partial charge in [-0.15, -0.1) is 0 Å². The highest BCUT2D eigenvalue weighted by Crippen LogP contribution is 2.34. The molecule has 2 aliphatic heterocycles. The number of rotatable bonds is 7. The van der Waals surface area contributed by atoms with E-state index in [0.717, 1.165) is 38.0 Å². The summed E-state index contributed by atoms with van der Waals surface area (Å²) in [6.45, 7) is 7.02. The molecule has 0 unspecified atom stereocenters. The molecule has 10 heteroatoms. The highest BCUT2D eigenvalue weighted by Gasteiger charge is 2.25. The zero-order chi connectivity index (χ0) is 25.5. The lowest BCUT2D eigenvalue weighted by Gasteiger charge is -2.37. The Hall–Kier alpha value is -3.40. The molecule has 1 amide bonds. The fourth-order valence-corrected chi connectivity index (χ4v) is 4.89. The number of ether oxygens (including phenoxy) is 1. The fraction of sp³-hybridized carbons (Fsp3) is 0.462. The molecule has 0 saturated carbocycles. The quantitative estimate of drug-likeness (QED) is 0.336. The Labute approximate surface area is 217 Å². The number of thiocarbonyl (C=S) groups is 1. The Kier molecular flexibility index (Phi) is 8.58. The van der Waals surface area contributed by atoms with Crippen molar-refractivity contribution in [3.05, 3.63) is 58.1 Å². The molecule has 2 aromatic rings. The zero-order valence-electron chi connectivity index (χ0n) is 20.6. The summed E-state index contributed by atoms with van der Waals surface area (Å²) >= 11 is 5.52. The first-order valence-corrected chi connectivity index (χ1v) is 13.0. The van der Waals surface area contributed by atoms with Gasteiger partial charge < -0.3 is 19.4 Å². The van der Waals surface area contributed by atoms with Crippen molar-refractivity contribution in [2.45, 2.75) is 32.6 Å². The summed E-state index contributed by atoms with van der Waals surface area (Å²) in [5, 5.41) is 14.9. The van der Waals surface area contributed by atoms with Gasteiger partial charge in [0.2, 0.25) is 0 Å². The van der Waals surface area contributed by atoms with Gasteiger partial charge in [-0.25, -0.2) is 0 Å². The molecule has 0 radical (unpaired) electrons. The smallest absolute Gasteiger partial charge is 0.292 e. The third-order valence-corrected chi connectivity index (χ3v) is 6.93. The third-order valence-electron chi connectivity index (χ3n) is 6.57. The van der Waals surface area contributed by atoms with Crippen LogP contribution in [0, 0.1) is 10.1 Å². The minimum Gasteiger partial charge on any atom is -0.494 e. The normalized spacial score (nSPS) is 16.0. The molecular weight excluding hydrogens is 478 g/mol. The topological polar surface area (TPSA) is 91.2 Å². The van der Waals surface area contributed by atoms with E-state index < -0.39 is 0 Å². The molecule has 0 spiro atoms. The van der Waals surface area contributed by atoms with Crippen LogP contribution in [0.5, 0.6) is 5.75 Å². The first-order valence-electron chi connectivity index (χ1n) is 12.6. The predicted molar refractivity (Wildman–Crippen MR) is 145 cm³/mol. The van der Waals surface area contributed by atoms with Gasteiger partial charge in [0.25, 0.3) is 11.6 Å². The predicted octanol–water partition coefficient (Wildman–Crippen LogP) is 4.21. The van der Waals surface area contributed by atoms with Crippen molar-refractivity contribution in [3.8, 4) is 5.75 Å². The average molecular weight is 512 g/mol. The van der Waals surface area contributed by atoms with E-state index >= 15 is 0 Å². The summed E-state index contributed by atoms with van der Waals surface area (Å²) < 4.78 is 5.62. The molecular formula is C26H33N5O4S. The molecule has 0 aromatic heterocycles. The van der Waals surface area contributed by atoms with Gasteiger partial charge >= 0.3 is 0 Å². The van der Waals surface area contributed by atoms with Gasteiger partial charge in [0.05, 0.1) is 11.5 Å². The van der Waals surface area contributed by atoms with E-state index in [4.69, 9.17) is 17.0 Å². The van der Waals surface area contributed by atoms with E-state index in [1.165, 1.54) is 6.42 Å². The van der Waals surface area contributed by atoms with E-state index in [-0.39, 0.29) is 16.5 Å². The number of carbonyl (C=O) groups is 1. The Morgan fingerprint density at radius 2 is 1.78 bits per heavy atom. The lowest BCUT2D eigenvalue weighted by atomic mass is 10.1. The lowest BCUT2D eigenvalue weighted by molar-refractivity contribution is -0.384. The summed E-state index contributed by atoms with van der Waals surface area (Å²) in [7, 11) is 0. The molecule has 0 atom stereocenters. The van der Waals surface area contributed by atoms with Crippen LogP contribution in [-0.2, 0) is 0 Å². The number of piperidine rings is 1. The second-order valence-corrected chi connectivity index (χ2v) is 9.47. The largest absolute Gasteiger partial charge is 0.494 e. The molecule has 2 aromatic carbocycles. The number of amides is 1. The summed E-state index contributed by atoms with van der Waals surface area (Å²) in [5.41, 5.74) is 2.33. The number of benzene rings is 2. The molecule has 36 heavy (non-hydrogen) atoms. The van der Waals surface area contributed by atoms with Crippen molar-refractivity contribution in [2.24, 2.45) is 0 Å². The highest BCUT2D eigenvalue weighted by molar-refractivity contribution is 7.80. The number of nitrogens with zero attached hydrogens (tertiary/aromatic N) is 4. The van der Waals surface area contributed by atoms with Gasteiger partial charge in [0.15, 0.2) is 5.11 Å². The first-order chi connectivity index (χ1) is 17.5. The minimum atomic E-state index is -0.293. The highest BCUT2D eigenvalue weighted by atomic mass is 32.1. The number of nitro benzene ring substituents is 1. The van der Waals surface area contributed by atoms with Crippen molar-refractivity contribution in [3.63, 3.8) is 0 Å². The van der Waals surface area contributed by atoms with Crippen LogP contribution in [0.1, 0.15) is 43.0 Å². The first kappa shape index (κ1) is 25.7. The van der Waals surface area contributed by atoms with Crippen molar-refractivity contribution in [1.29, 1.82) is 0 Å². The summed E-state index contributed by atoms with van der Waals surface area (Å²) in [6.07, 6.45) is 4.17. The van der Waals surface area contributed by atoms with Crippen LogP contribution in [0.15, 0.2) is 42.5 Å². The van der Waals surface area contributed by atoms with Crippen LogP contribution in [0.4, 0.5) is 17.1 Å². The van der Waals surface area contributed by atoms with E-state index in [9.17, 15) is 14.9 Å². The molecule has 0 aliphatic carbocycles. The zero-order valence-corrected chi connectivity index (χ0v) is 21.5. The van der Waals surface area contributed by atoms with Gasteiger partial charge in [-0.2, -0.15) is 0 Å². The van der Waals surface area contributed by atoms with Gasteiger partial charge in [-0.05, 0) is 68.2 Å². The molecule has 2 aliphatic rings. The molecule has 2 fully saturated rings. The summed E-state index contributed by atoms with van der Waals surface area (Å²) in [5.74, 6) is 0.405. The van der Waals surface area contributed by atoms with Crippen molar-refractivity contribution >= 4 is 40.3 Å². The van der Waals surface area contributed by atoms with Crippen LogP contribution in [0.25, 0.3) is 0 Å². The monoisotopic (exact) mass is 511 g/mol. The third kappa shape index (κ3) is 6.23. The lowest BCUT2D eigenvalue weighted by Crippen LogP contribution is -2.52. The van der Waals surface area contributed by atoms with Crippen LogP contribution >= 0.6 is 12.2 Å². The Morgan fingerprint density at radius 1 is 1.03 bits per heavy atom. The number of hydrogen-bond acceptors (Lipinski definition) is 7. The van der Waals surface area contributed by atoms with Gasteiger partial charge in [0.1, 0.15) is 11.4 Å². The van der Waals surface area contributed by atoms with Crippen LogP contribution < -0.4 is 19.9 Å². The van der Waals surface area contributed by atoms with E-state index in [0.29, 0.717) is 54.9 Å². The van der Waals surface area contributed by atoms with Gasteiger partial charge in [0, 0.05) is 56.6 Å². The van der Waals surface area contributed by atoms with Crippen LogP contribution in [-0.4, -0.2) is 66.7 Å². The second kappa shape index (κ2) is 12.0. The SMILES string of the molecule is CCCOc1cccc(C(=O)NC(=S)N2CCN(c3ccc([N+](=O)[O-])c(N4CCCCC4)c3)CC2)c1. The molecule has 0 bridgehead atoms. The molecule has 4 rings (SSSR count). The Bertz CT molecular complexity index is 1100. The van der Waals surface area contributed by atoms with Gasteiger partial charge in [-0.1, -0.05) is 13.0 Å². The van der Waals surface area contributed by atoms with E-state index in [1.807, 2.05) is 30.0 Å². The second-order valence-electron chi connectivity index (χ2n) is 9.09. The Morgan fingerprint density at radius 3 is 2.47 bits per heavy atom. The maximum absolute atomic E-state index is 12.7. The molecule has 1 N–H and O–H groups in total. The minimum absolute atomic E-state index is 0.160. The van der Waals surface area contributed by atoms with Crippen molar-refractivity contribution in [1.82, 2.24) is 10.2 Å². The Balaban J connectivity index is 1.36. The maximum atomic E-state index is 12.7. The number of nitro groups is 1.